The second-order valence-corrected chi connectivity index (χ2v) is 6.13. The molecule has 0 aliphatic heterocycles. The van der Waals surface area contributed by atoms with Crippen molar-refractivity contribution in [3.8, 4) is 0 Å². The SMILES string of the molecule is CC(C)(C)OCCNCCOC(=O)c1ccc2[nH]ccc2c1. The van der Waals surface area contributed by atoms with E-state index in [1.54, 1.807) is 6.07 Å². The molecular formula is C17H24N2O3. The number of hydrogen-bond donors (Lipinski definition) is 2. The zero-order chi connectivity index (χ0) is 16.0. The van der Waals surface area contributed by atoms with Gasteiger partial charge in [0.15, 0.2) is 0 Å². The Labute approximate surface area is 131 Å². The van der Waals surface area contributed by atoms with Gasteiger partial charge in [-0.25, -0.2) is 4.79 Å². The molecule has 0 unspecified atom stereocenters. The smallest absolute Gasteiger partial charge is 0.338 e. The van der Waals surface area contributed by atoms with E-state index in [0.29, 0.717) is 25.3 Å². The van der Waals surface area contributed by atoms with Crippen LogP contribution in [0.2, 0.25) is 0 Å². The van der Waals surface area contributed by atoms with Crippen molar-refractivity contribution < 1.29 is 14.3 Å². The molecule has 1 aromatic carbocycles. The maximum atomic E-state index is 11.9. The van der Waals surface area contributed by atoms with Crippen LogP contribution in [0.3, 0.4) is 0 Å². The summed E-state index contributed by atoms with van der Waals surface area (Å²) in [4.78, 5) is 15.0. The number of fused-ring (bicyclic) bond motifs is 1. The predicted molar refractivity (Wildman–Crippen MR) is 87.2 cm³/mol. The molecule has 2 aromatic rings. The standard InChI is InChI=1S/C17H24N2O3/c1-17(2,3)22-11-9-18-8-10-21-16(20)14-4-5-15-13(12-14)6-7-19-15/h4-7,12,18-19H,8-11H2,1-3H3. The van der Waals surface area contributed by atoms with Crippen LogP contribution in [-0.2, 0) is 9.47 Å². The zero-order valence-electron chi connectivity index (χ0n) is 13.4. The molecule has 0 atom stereocenters. The molecule has 1 aromatic heterocycles. The van der Waals surface area contributed by atoms with Crippen molar-refractivity contribution in [2.24, 2.45) is 0 Å². The van der Waals surface area contributed by atoms with E-state index in [2.05, 4.69) is 10.3 Å². The number of ether oxygens (including phenoxy) is 2. The summed E-state index contributed by atoms with van der Waals surface area (Å²) in [7, 11) is 0. The Bertz CT molecular complexity index is 614. The quantitative estimate of drug-likeness (QED) is 0.610. The summed E-state index contributed by atoms with van der Waals surface area (Å²) in [6.07, 6.45) is 1.85. The van der Waals surface area contributed by atoms with Crippen LogP contribution >= 0.6 is 0 Å². The first-order valence-electron chi connectivity index (χ1n) is 7.55. The largest absolute Gasteiger partial charge is 0.461 e. The first kappa shape index (κ1) is 16.5. The van der Waals surface area contributed by atoms with Gasteiger partial charge in [-0.05, 0) is 45.0 Å². The molecule has 22 heavy (non-hydrogen) atoms. The normalized spacial score (nSPS) is 11.8. The van der Waals surface area contributed by atoms with Gasteiger partial charge in [0.25, 0.3) is 0 Å². The average molecular weight is 304 g/mol. The minimum atomic E-state index is -0.296. The second-order valence-electron chi connectivity index (χ2n) is 6.13. The zero-order valence-corrected chi connectivity index (χ0v) is 13.4. The molecule has 0 aliphatic carbocycles. The van der Waals surface area contributed by atoms with Gasteiger partial charge in [-0.1, -0.05) is 0 Å². The van der Waals surface area contributed by atoms with Gasteiger partial charge in [0.2, 0.25) is 0 Å². The van der Waals surface area contributed by atoms with Crippen molar-refractivity contribution >= 4 is 16.9 Å². The Kier molecular flexibility index (Phi) is 5.57. The number of nitrogens with one attached hydrogen (secondary N) is 2. The van der Waals surface area contributed by atoms with Crippen molar-refractivity contribution in [2.75, 3.05) is 26.3 Å². The first-order chi connectivity index (χ1) is 10.5. The van der Waals surface area contributed by atoms with E-state index in [1.165, 1.54) is 0 Å². The Morgan fingerprint density at radius 3 is 2.73 bits per heavy atom. The number of benzene rings is 1. The topological polar surface area (TPSA) is 63.4 Å². The van der Waals surface area contributed by atoms with Gasteiger partial charge < -0.3 is 19.8 Å². The molecule has 0 fully saturated rings. The summed E-state index contributed by atoms with van der Waals surface area (Å²) in [5, 5.41) is 4.19. The minimum Gasteiger partial charge on any atom is -0.461 e. The molecule has 5 heteroatoms. The number of H-pyrrole nitrogens is 1. The molecular weight excluding hydrogens is 280 g/mol. The number of esters is 1. The molecule has 0 saturated heterocycles. The fourth-order valence-corrected chi connectivity index (χ4v) is 2.03. The highest BCUT2D eigenvalue weighted by Crippen LogP contribution is 2.14. The maximum absolute atomic E-state index is 11.9. The van der Waals surface area contributed by atoms with Crippen LogP contribution in [0.4, 0.5) is 0 Å². The minimum absolute atomic E-state index is 0.120. The van der Waals surface area contributed by atoms with Gasteiger partial charge in [0.1, 0.15) is 6.61 Å². The molecule has 1 heterocycles. The van der Waals surface area contributed by atoms with E-state index in [9.17, 15) is 4.79 Å². The fourth-order valence-electron chi connectivity index (χ4n) is 2.03. The van der Waals surface area contributed by atoms with Crippen LogP contribution in [0.5, 0.6) is 0 Å². The van der Waals surface area contributed by atoms with E-state index in [4.69, 9.17) is 9.47 Å². The third kappa shape index (κ3) is 5.16. The highest BCUT2D eigenvalue weighted by atomic mass is 16.5. The summed E-state index contributed by atoms with van der Waals surface area (Å²) in [5.41, 5.74) is 1.46. The highest BCUT2D eigenvalue weighted by Gasteiger charge is 2.09. The monoisotopic (exact) mass is 304 g/mol. The molecule has 0 bridgehead atoms. The Morgan fingerprint density at radius 2 is 1.95 bits per heavy atom. The predicted octanol–water partition coefficient (Wildman–Crippen LogP) is 2.73. The maximum Gasteiger partial charge on any atom is 0.338 e. The fraction of sp³-hybridized carbons (Fsp3) is 0.471. The van der Waals surface area contributed by atoms with Gasteiger partial charge in [-0.15, -0.1) is 0 Å². The summed E-state index contributed by atoms with van der Waals surface area (Å²) in [6, 6.07) is 7.42. The molecule has 0 aliphatic rings. The van der Waals surface area contributed by atoms with E-state index >= 15 is 0 Å². The van der Waals surface area contributed by atoms with Crippen molar-refractivity contribution in [1.29, 1.82) is 0 Å². The van der Waals surface area contributed by atoms with Crippen LogP contribution < -0.4 is 5.32 Å². The van der Waals surface area contributed by atoms with Crippen molar-refractivity contribution in [3.63, 3.8) is 0 Å². The molecule has 5 nitrogen and oxygen atoms in total. The Hall–Kier alpha value is -1.85. The third-order valence-corrected chi connectivity index (χ3v) is 3.11. The Morgan fingerprint density at radius 1 is 1.18 bits per heavy atom. The van der Waals surface area contributed by atoms with Crippen LogP contribution in [0, 0.1) is 0 Å². The molecule has 120 valence electrons. The van der Waals surface area contributed by atoms with E-state index in [-0.39, 0.29) is 11.6 Å². The van der Waals surface area contributed by atoms with Crippen molar-refractivity contribution in [1.82, 2.24) is 10.3 Å². The molecule has 0 radical (unpaired) electrons. The number of carbonyl (C=O) groups is 1. The number of rotatable bonds is 7. The van der Waals surface area contributed by atoms with Gasteiger partial charge in [0.05, 0.1) is 17.8 Å². The van der Waals surface area contributed by atoms with Crippen LogP contribution in [0.1, 0.15) is 31.1 Å². The lowest BCUT2D eigenvalue weighted by Crippen LogP contribution is -2.29. The third-order valence-electron chi connectivity index (χ3n) is 3.11. The van der Waals surface area contributed by atoms with Crippen LogP contribution in [0.15, 0.2) is 30.5 Å². The van der Waals surface area contributed by atoms with Gasteiger partial charge in [0, 0.05) is 30.2 Å². The number of aromatic nitrogens is 1. The summed E-state index contributed by atoms with van der Waals surface area (Å²) in [5.74, 6) is -0.296. The summed E-state index contributed by atoms with van der Waals surface area (Å²) in [6.45, 7) is 8.42. The molecule has 0 spiro atoms. The van der Waals surface area contributed by atoms with Gasteiger partial charge in [-0.2, -0.15) is 0 Å². The summed E-state index contributed by atoms with van der Waals surface area (Å²) < 4.78 is 10.8. The number of aromatic amines is 1. The molecule has 0 saturated carbocycles. The van der Waals surface area contributed by atoms with Crippen LogP contribution in [-0.4, -0.2) is 42.9 Å². The molecule has 0 amide bonds. The Balaban J connectivity index is 1.65. The average Bonchev–Trinajstić information content (AvgIpc) is 2.92. The molecule has 2 rings (SSSR count). The van der Waals surface area contributed by atoms with Crippen molar-refractivity contribution in [3.05, 3.63) is 36.0 Å². The first-order valence-corrected chi connectivity index (χ1v) is 7.55. The van der Waals surface area contributed by atoms with Crippen molar-refractivity contribution in [2.45, 2.75) is 26.4 Å². The lowest BCUT2D eigenvalue weighted by atomic mass is 10.1. The second kappa shape index (κ2) is 7.42. The molecule has 2 N–H and O–H groups in total. The van der Waals surface area contributed by atoms with E-state index < -0.39 is 0 Å². The lowest BCUT2D eigenvalue weighted by Gasteiger charge is -2.19. The van der Waals surface area contributed by atoms with Crippen LogP contribution in [0.25, 0.3) is 10.9 Å². The highest BCUT2D eigenvalue weighted by molar-refractivity contribution is 5.94. The van der Waals surface area contributed by atoms with Gasteiger partial charge in [-0.3, -0.25) is 0 Å². The van der Waals surface area contributed by atoms with Gasteiger partial charge >= 0.3 is 5.97 Å². The van der Waals surface area contributed by atoms with E-state index in [0.717, 1.165) is 17.4 Å². The summed E-state index contributed by atoms with van der Waals surface area (Å²) >= 11 is 0. The lowest BCUT2D eigenvalue weighted by molar-refractivity contribution is -0.00114. The number of hydrogen-bond acceptors (Lipinski definition) is 4. The number of carbonyl (C=O) groups excluding carboxylic acids is 1. The van der Waals surface area contributed by atoms with E-state index in [1.807, 2.05) is 45.2 Å².